The molecule has 0 aliphatic heterocycles. The van der Waals surface area contributed by atoms with Gasteiger partial charge in [0, 0.05) is 24.3 Å². The van der Waals surface area contributed by atoms with Crippen LogP contribution in [-0.2, 0) is 6.54 Å². The van der Waals surface area contributed by atoms with E-state index in [-0.39, 0.29) is 5.91 Å². The molecule has 0 radical (unpaired) electrons. The lowest BCUT2D eigenvalue weighted by Crippen LogP contribution is -2.35. The van der Waals surface area contributed by atoms with E-state index in [1.165, 1.54) is 32.1 Å². The maximum absolute atomic E-state index is 13.1. The maximum Gasteiger partial charge on any atom is 0.290 e. The molecule has 0 saturated heterocycles. The van der Waals surface area contributed by atoms with Gasteiger partial charge in [0.05, 0.1) is 6.54 Å². The molecule has 1 aliphatic carbocycles. The molecule has 2 heterocycles. The maximum atomic E-state index is 13.1. The summed E-state index contributed by atoms with van der Waals surface area (Å²) in [7, 11) is 0. The van der Waals surface area contributed by atoms with Crippen molar-refractivity contribution in [3.63, 3.8) is 0 Å². The van der Waals surface area contributed by atoms with E-state index in [2.05, 4.69) is 9.97 Å². The molecule has 4 rings (SSSR count). The quantitative estimate of drug-likeness (QED) is 0.751. The van der Waals surface area contributed by atoms with Crippen LogP contribution in [0.25, 0.3) is 11.0 Å². The number of para-hydroxylation sites is 1. The number of nitrogens with one attached hydrogen (secondary N) is 1. The van der Waals surface area contributed by atoms with E-state index in [9.17, 15) is 4.79 Å². The van der Waals surface area contributed by atoms with Gasteiger partial charge in [0.1, 0.15) is 11.4 Å². The zero-order valence-electron chi connectivity index (χ0n) is 14.3. The van der Waals surface area contributed by atoms with E-state index in [0.29, 0.717) is 18.2 Å². The van der Waals surface area contributed by atoms with Gasteiger partial charge in [-0.1, -0.05) is 37.5 Å². The van der Waals surface area contributed by atoms with Crippen LogP contribution in [0.4, 0.5) is 0 Å². The predicted octanol–water partition coefficient (Wildman–Crippen LogP) is 4.38. The van der Waals surface area contributed by atoms with Crippen LogP contribution in [0.1, 0.15) is 48.5 Å². The normalized spacial score (nSPS) is 15.5. The van der Waals surface area contributed by atoms with Crippen molar-refractivity contribution in [3.05, 3.63) is 54.3 Å². The van der Waals surface area contributed by atoms with E-state index in [1.807, 2.05) is 35.2 Å². The highest BCUT2D eigenvalue weighted by Crippen LogP contribution is 2.26. The number of aromatic nitrogens is 2. The lowest BCUT2D eigenvalue weighted by molar-refractivity contribution is 0.0664. The third-order valence-corrected chi connectivity index (χ3v) is 5.02. The van der Waals surface area contributed by atoms with Crippen molar-refractivity contribution in [3.8, 4) is 0 Å². The van der Waals surface area contributed by atoms with E-state index in [0.717, 1.165) is 23.3 Å². The second kappa shape index (κ2) is 7.13. The first kappa shape index (κ1) is 15.9. The topological polar surface area (TPSA) is 62.1 Å². The summed E-state index contributed by atoms with van der Waals surface area (Å²) in [5.41, 5.74) is 0.751. The number of H-pyrrole nitrogens is 1. The number of aromatic amines is 1. The van der Waals surface area contributed by atoms with Gasteiger partial charge in [-0.3, -0.25) is 4.79 Å². The van der Waals surface area contributed by atoms with Gasteiger partial charge >= 0.3 is 0 Å². The van der Waals surface area contributed by atoms with Crippen molar-refractivity contribution in [2.75, 3.05) is 6.54 Å². The summed E-state index contributed by atoms with van der Waals surface area (Å²) in [6, 6.07) is 9.57. The molecule has 1 N–H and O–H groups in total. The van der Waals surface area contributed by atoms with Gasteiger partial charge in [0.15, 0.2) is 5.76 Å². The number of amides is 1. The van der Waals surface area contributed by atoms with Crippen molar-refractivity contribution in [1.82, 2.24) is 14.9 Å². The van der Waals surface area contributed by atoms with Crippen molar-refractivity contribution >= 4 is 16.9 Å². The Morgan fingerprint density at radius 1 is 1.24 bits per heavy atom. The van der Waals surface area contributed by atoms with Crippen LogP contribution >= 0.6 is 0 Å². The van der Waals surface area contributed by atoms with Gasteiger partial charge in [-0.05, 0) is 30.9 Å². The molecule has 130 valence electrons. The number of furan rings is 1. The largest absolute Gasteiger partial charge is 0.451 e. The van der Waals surface area contributed by atoms with Crippen molar-refractivity contribution in [2.24, 2.45) is 5.92 Å². The Hall–Kier alpha value is -2.56. The van der Waals surface area contributed by atoms with Crippen LogP contribution in [0, 0.1) is 5.92 Å². The average molecular weight is 337 g/mol. The number of carbonyl (C=O) groups excluding carboxylic acids is 1. The number of nitrogens with zero attached hydrogens (tertiary/aromatic N) is 2. The van der Waals surface area contributed by atoms with Crippen molar-refractivity contribution in [1.29, 1.82) is 0 Å². The monoisotopic (exact) mass is 337 g/mol. The summed E-state index contributed by atoms with van der Waals surface area (Å²) in [5.74, 6) is 1.72. The molecule has 0 bridgehead atoms. The highest BCUT2D eigenvalue weighted by molar-refractivity contribution is 5.96. The Balaban J connectivity index is 1.57. The summed E-state index contributed by atoms with van der Waals surface area (Å²) in [5, 5.41) is 0.960. The van der Waals surface area contributed by atoms with Gasteiger partial charge in [0.2, 0.25) is 0 Å². The average Bonchev–Trinajstić information content (AvgIpc) is 3.30. The Labute approximate surface area is 147 Å². The second-order valence-electron chi connectivity index (χ2n) is 6.87. The van der Waals surface area contributed by atoms with Gasteiger partial charge < -0.3 is 14.3 Å². The number of carbonyl (C=O) groups is 1. The zero-order chi connectivity index (χ0) is 17.1. The molecule has 5 nitrogen and oxygen atoms in total. The predicted molar refractivity (Wildman–Crippen MR) is 96.1 cm³/mol. The number of benzene rings is 1. The summed E-state index contributed by atoms with van der Waals surface area (Å²) in [4.78, 5) is 22.4. The lowest BCUT2D eigenvalue weighted by atomic mass is 9.89. The lowest BCUT2D eigenvalue weighted by Gasteiger charge is -2.28. The molecule has 1 fully saturated rings. The number of imidazole rings is 1. The first-order valence-electron chi connectivity index (χ1n) is 9.06. The van der Waals surface area contributed by atoms with Crippen LogP contribution in [0.3, 0.4) is 0 Å². The SMILES string of the molecule is O=C(c1cc2ccccc2o1)N(Cc1ncc[nH]1)CC1CCCCC1. The summed E-state index contributed by atoms with van der Waals surface area (Å²) < 4.78 is 5.80. The molecule has 1 amide bonds. The van der Waals surface area contributed by atoms with Gasteiger partial charge in [-0.25, -0.2) is 4.98 Å². The van der Waals surface area contributed by atoms with Crippen LogP contribution < -0.4 is 0 Å². The number of fused-ring (bicyclic) bond motifs is 1. The summed E-state index contributed by atoms with van der Waals surface area (Å²) >= 11 is 0. The molecular formula is C20H23N3O2. The standard InChI is InChI=1S/C20H23N3O2/c24-20(18-12-16-8-4-5-9-17(16)25-18)23(14-19-21-10-11-22-19)13-15-6-2-1-3-7-15/h4-5,8-12,15H,1-3,6-7,13-14H2,(H,21,22). The Morgan fingerprint density at radius 2 is 2.08 bits per heavy atom. The highest BCUT2D eigenvalue weighted by atomic mass is 16.3. The molecule has 5 heteroatoms. The third-order valence-electron chi connectivity index (χ3n) is 5.02. The van der Waals surface area contributed by atoms with Crippen LogP contribution in [-0.4, -0.2) is 27.3 Å². The molecule has 1 saturated carbocycles. The highest BCUT2D eigenvalue weighted by Gasteiger charge is 2.25. The second-order valence-corrected chi connectivity index (χ2v) is 6.87. The Morgan fingerprint density at radius 3 is 2.84 bits per heavy atom. The molecule has 25 heavy (non-hydrogen) atoms. The van der Waals surface area contributed by atoms with Crippen LogP contribution in [0.2, 0.25) is 0 Å². The molecule has 0 unspecified atom stereocenters. The molecular weight excluding hydrogens is 314 g/mol. The fourth-order valence-corrected chi connectivity index (χ4v) is 3.71. The zero-order valence-corrected chi connectivity index (χ0v) is 14.3. The van der Waals surface area contributed by atoms with Gasteiger partial charge in [-0.15, -0.1) is 0 Å². The molecule has 0 spiro atoms. The summed E-state index contributed by atoms with van der Waals surface area (Å²) in [6.45, 7) is 1.25. The van der Waals surface area contributed by atoms with E-state index < -0.39 is 0 Å². The minimum Gasteiger partial charge on any atom is -0.451 e. The number of rotatable bonds is 5. The van der Waals surface area contributed by atoms with Gasteiger partial charge in [-0.2, -0.15) is 0 Å². The smallest absolute Gasteiger partial charge is 0.290 e. The molecule has 1 aromatic carbocycles. The molecule has 3 aromatic rings. The fraction of sp³-hybridized carbons (Fsp3) is 0.400. The van der Waals surface area contributed by atoms with Gasteiger partial charge in [0.25, 0.3) is 5.91 Å². The number of hydrogen-bond donors (Lipinski definition) is 1. The first-order chi connectivity index (χ1) is 12.3. The van der Waals surface area contributed by atoms with E-state index in [1.54, 1.807) is 12.4 Å². The minimum absolute atomic E-state index is 0.0572. The fourth-order valence-electron chi connectivity index (χ4n) is 3.71. The Kier molecular flexibility index (Phi) is 4.55. The van der Waals surface area contributed by atoms with Crippen molar-refractivity contribution in [2.45, 2.75) is 38.6 Å². The Bertz CT molecular complexity index is 799. The first-order valence-corrected chi connectivity index (χ1v) is 9.06. The summed E-state index contributed by atoms with van der Waals surface area (Å²) in [6.07, 6.45) is 9.74. The molecule has 1 aliphatic rings. The van der Waals surface area contributed by atoms with Crippen LogP contribution in [0.5, 0.6) is 0 Å². The molecule has 0 atom stereocenters. The molecule has 2 aromatic heterocycles. The number of hydrogen-bond acceptors (Lipinski definition) is 3. The van der Waals surface area contributed by atoms with Crippen molar-refractivity contribution < 1.29 is 9.21 Å². The third kappa shape index (κ3) is 3.60. The minimum atomic E-state index is -0.0572. The van der Waals surface area contributed by atoms with Crippen LogP contribution in [0.15, 0.2) is 47.1 Å². The van der Waals surface area contributed by atoms with E-state index >= 15 is 0 Å². The van der Waals surface area contributed by atoms with E-state index in [4.69, 9.17) is 4.42 Å².